The van der Waals surface area contributed by atoms with E-state index >= 15 is 0 Å². The van der Waals surface area contributed by atoms with Crippen LogP contribution in [0.2, 0.25) is 0 Å². The number of nitrogens with two attached hydrogens (primary N) is 1. The lowest BCUT2D eigenvalue weighted by Gasteiger charge is -2.21. The predicted octanol–water partition coefficient (Wildman–Crippen LogP) is 1.84. The van der Waals surface area contributed by atoms with Crippen LogP contribution in [0.5, 0.6) is 0 Å². The van der Waals surface area contributed by atoms with Gasteiger partial charge >= 0.3 is 0 Å². The quantitative estimate of drug-likeness (QED) is 0.690. The summed E-state index contributed by atoms with van der Waals surface area (Å²) in [7, 11) is 0. The number of anilines is 2. The van der Waals surface area contributed by atoms with Gasteiger partial charge in [-0.1, -0.05) is 0 Å². The van der Waals surface area contributed by atoms with Crippen LogP contribution in [0, 0.1) is 0 Å². The summed E-state index contributed by atoms with van der Waals surface area (Å²) in [6, 6.07) is 7.95. The summed E-state index contributed by atoms with van der Waals surface area (Å²) in [5.41, 5.74) is 7.64. The summed E-state index contributed by atoms with van der Waals surface area (Å²) in [6.45, 7) is 2.65. The molecule has 1 heterocycles. The third-order valence-corrected chi connectivity index (χ3v) is 2.47. The Morgan fingerprint density at radius 1 is 1.14 bits per heavy atom. The van der Waals surface area contributed by atoms with Gasteiger partial charge in [0.2, 0.25) is 0 Å². The normalized spacial score (nSPS) is 17.9. The number of nitrogens with zero attached hydrogens (tertiary/aromatic N) is 1. The first-order valence-electron chi connectivity index (χ1n) is 5.04. The molecule has 3 heteroatoms. The molecule has 1 aromatic rings. The molecule has 0 saturated carbocycles. The molecule has 0 bridgehead atoms. The van der Waals surface area contributed by atoms with Crippen LogP contribution < -0.4 is 10.6 Å². The Morgan fingerprint density at radius 3 is 2.71 bits per heavy atom. The molecule has 0 spiro atoms. The third kappa shape index (κ3) is 2.17. The third-order valence-electron chi connectivity index (χ3n) is 2.47. The molecule has 1 saturated heterocycles. The molecule has 0 unspecified atom stereocenters. The van der Waals surface area contributed by atoms with Crippen LogP contribution in [0.3, 0.4) is 0 Å². The summed E-state index contributed by atoms with van der Waals surface area (Å²) in [4.78, 5) is 2.24. The lowest BCUT2D eigenvalue weighted by Crippen LogP contribution is -2.24. The fourth-order valence-corrected chi connectivity index (χ4v) is 1.63. The zero-order valence-electron chi connectivity index (χ0n) is 8.28. The van der Waals surface area contributed by atoms with E-state index in [2.05, 4.69) is 4.90 Å². The van der Waals surface area contributed by atoms with Gasteiger partial charge in [-0.05, 0) is 37.1 Å². The van der Waals surface area contributed by atoms with Crippen LogP contribution in [0.25, 0.3) is 0 Å². The first kappa shape index (κ1) is 9.34. The van der Waals surface area contributed by atoms with Crippen molar-refractivity contribution in [1.82, 2.24) is 0 Å². The number of rotatable bonds is 1. The van der Waals surface area contributed by atoms with E-state index in [0.29, 0.717) is 6.73 Å². The molecule has 0 amide bonds. The fraction of sp³-hybridized carbons (Fsp3) is 0.455. The molecule has 3 nitrogen and oxygen atoms in total. The van der Waals surface area contributed by atoms with Gasteiger partial charge in [0.25, 0.3) is 0 Å². The Morgan fingerprint density at radius 2 is 1.93 bits per heavy atom. The second-order valence-electron chi connectivity index (χ2n) is 3.60. The van der Waals surface area contributed by atoms with Crippen molar-refractivity contribution in [3.05, 3.63) is 24.3 Å². The first-order chi connectivity index (χ1) is 6.86. The van der Waals surface area contributed by atoms with Crippen molar-refractivity contribution < 1.29 is 4.74 Å². The lowest BCUT2D eigenvalue weighted by molar-refractivity contribution is 0.146. The van der Waals surface area contributed by atoms with E-state index in [0.717, 1.165) is 25.3 Å². The number of hydrogen-bond donors (Lipinski definition) is 1. The Bertz CT molecular complexity index is 276. The molecule has 1 aliphatic heterocycles. The van der Waals surface area contributed by atoms with Gasteiger partial charge in [-0.25, -0.2) is 0 Å². The van der Waals surface area contributed by atoms with Gasteiger partial charge in [-0.15, -0.1) is 0 Å². The Hall–Kier alpha value is -1.22. The summed E-state index contributed by atoms with van der Waals surface area (Å²) in [6.07, 6.45) is 2.36. The number of hydrogen-bond acceptors (Lipinski definition) is 3. The first-order valence-corrected chi connectivity index (χ1v) is 5.04. The minimum absolute atomic E-state index is 0.698. The van der Waals surface area contributed by atoms with Gasteiger partial charge in [0, 0.05) is 24.5 Å². The molecule has 2 N–H and O–H groups in total. The van der Waals surface area contributed by atoms with Crippen LogP contribution in [0.15, 0.2) is 24.3 Å². The summed E-state index contributed by atoms with van der Waals surface area (Å²) in [5.74, 6) is 0. The smallest absolute Gasteiger partial charge is 0.118 e. The molecular formula is C11H16N2O. The van der Waals surface area contributed by atoms with Gasteiger partial charge in [0.15, 0.2) is 0 Å². The van der Waals surface area contributed by atoms with Crippen molar-refractivity contribution in [2.75, 3.05) is 30.5 Å². The van der Waals surface area contributed by atoms with Crippen molar-refractivity contribution >= 4 is 11.4 Å². The van der Waals surface area contributed by atoms with Gasteiger partial charge in [-0.3, -0.25) is 0 Å². The van der Waals surface area contributed by atoms with E-state index in [1.54, 1.807) is 0 Å². The van der Waals surface area contributed by atoms with Crippen molar-refractivity contribution in [2.24, 2.45) is 0 Å². The fourth-order valence-electron chi connectivity index (χ4n) is 1.63. The molecule has 14 heavy (non-hydrogen) atoms. The maximum Gasteiger partial charge on any atom is 0.118 e. The average molecular weight is 192 g/mol. The molecule has 1 aromatic carbocycles. The molecule has 0 radical (unpaired) electrons. The second kappa shape index (κ2) is 4.33. The number of ether oxygens (including phenoxy) is 1. The van der Waals surface area contributed by atoms with Crippen molar-refractivity contribution in [3.8, 4) is 0 Å². The molecule has 0 atom stereocenters. The summed E-state index contributed by atoms with van der Waals surface area (Å²) < 4.78 is 5.49. The van der Waals surface area contributed by atoms with Gasteiger partial charge in [0.05, 0.1) is 0 Å². The predicted molar refractivity (Wildman–Crippen MR) is 58.3 cm³/mol. The van der Waals surface area contributed by atoms with Crippen molar-refractivity contribution in [2.45, 2.75) is 12.8 Å². The van der Waals surface area contributed by atoms with E-state index in [1.807, 2.05) is 24.3 Å². The Balaban J connectivity index is 2.08. The average Bonchev–Trinajstić information content (AvgIpc) is 2.47. The summed E-state index contributed by atoms with van der Waals surface area (Å²) in [5, 5.41) is 0. The van der Waals surface area contributed by atoms with Gasteiger partial charge < -0.3 is 15.4 Å². The van der Waals surface area contributed by atoms with Crippen LogP contribution >= 0.6 is 0 Å². The van der Waals surface area contributed by atoms with E-state index in [4.69, 9.17) is 10.5 Å². The highest BCUT2D eigenvalue weighted by molar-refractivity contribution is 5.52. The van der Waals surface area contributed by atoms with Crippen LogP contribution in [-0.2, 0) is 4.74 Å². The van der Waals surface area contributed by atoms with E-state index in [1.165, 1.54) is 12.1 Å². The monoisotopic (exact) mass is 192 g/mol. The van der Waals surface area contributed by atoms with Gasteiger partial charge in [-0.2, -0.15) is 0 Å². The highest BCUT2D eigenvalue weighted by atomic mass is 16.5. The Kier molecular flexibility index (Phi) is 2.89. The van der Waals surface area contributed by atoms with Crippen LogP contribution in [-0.4, -0.2) is 19.9 Å². The zero-order chi connectivity index (χ0) is 9.80. The second-order valence-corrected chi connectivity index (χ2v) is 3.60. The maximum absolute atomic E-state index is 5.64. The molecule has 1 fully saturated rings. The van der Waals surface area contributed by atoms with Crippen molar-refractivity contribution in [1.29, 1.82) is 0 Å². The molecule has 0 aromatic heterocycles. The largest absolute Gasteiger partial charge is 0.399 e. The lowest BCUT2D eigenvalue weighted by atomic mass is 10.2. The number of nitrogen functional groups attached to an aromatic ring is 1. The van der Waals surface area contributed by atoms with E-state index < -0.39 is 0 Å². The zero-order valence-corrected chi connectivity index (χ0v) is 8.28. The molecule has 76 valence electrons. The maximum atomic E-state index is 5.64. The highest BCUT2D eigenvalue weighted by Gasteiger charge is 2.09. The molecule has 1 aliphatic rings. The highest BCUT2D eigenvalue weighted by Crippen LogP contribution is 2.18. The SMILES string of the molecule is Nc1ccc(N2CCCCOC2)cc1. The minimum atomic E-state index is 0.698. The topological polar surface area (TPSA) is 38.5 Å². The molecular weight excluding hydrogens is 176 g/mol. The van der Waals surface area contributed by atoms with Crippen LogP contribution in [0.1, 0.15) is 12.8 Å². The van der Waals surface area contributed by atoms with Crippen LogP contribution in [0.4, 0.5) is 11.4 Å². The van der Waals surface area contributed by atoms with E-state index in [9.17, 15) is 0 Å². The summed E-state index contributed by atoms with van der Waals surface area (Å²) >= 11 is 0. The van der Waals surface area contributed by atoms with Crippen molar-refractivity contribution in [3.63, 3.8) is 0 Å². The minimum Gasteiger partial charge on any atom is -0.399 e. The van der Waals surface area contributed by atoms with Gasteiger partial charge in [0.1, 0.15) is 6.73 Å². The standard InChI is InChI=1S/C11H16N2O/c12-10-3-5-11(6-4-10)13-7-1-2-8-14-9-13/h3-6H,1-2,7-9,12H2. The molecule has 2 rings (SSSR count). The molecule has 0 aliphatic carbocycles. The Labute approximate surface area is 84.5 Å². The number of benzene rings is 1. The van der Waals surface area contributed by atoms with E-state index in [-0.39, 0.29) is 0 Å².